The molecule has 0 aliphatic carbocycles. The Hall–Kier alpha value is -2.53. The second-order valence-corrected chi connectivity index (χ2v) is 5.29. The fourth-order valence-corrected chi connectivity index (χ4v) is 1.47. The highest BCUT2D eigenvalue weighted by atomic mass is 19.1. The van der Waals surface area contributed by atoms with E-state index in [0.29, 0.717) is 11.1 Å². The smallest absolute Gasteiger partial charge is 0.408 e. The summed E-state index contributed by atoms with van der Waals surface area (Å²) in [7, 11) is 0. The van der Waals surface area contributed by atoms with E-state index in [-0.39, 0.29) is 13.0 Å². The molecular weight excluding hydrogens is 271 g/mol. The number of halogens is 1. The highest BCUT2D eigenvalue weighted by Gasteiger charge is 2.15. The lowest BCUT2D eigenvalue weighted by molar-refractivity contribution is 0.0535. The van der Waals surface area contributed by atoms with Crippen molar-refractivity contribution in [2.24, 2.45) is 0 Å². The molecule has 0 radical (unpaired) electrons. The van der Waals surface area contributed by atoms with Gasteiger partial charge in [-0.1, -0.05) is 17.9 Å². The van der Waals surface area contributed by atoms with Gasteiger partial charge >= 0.3 is 6.09 Å². The first-order chi connectivity index (χ1) is 9.81. The topological polar surface area (TPSA) is 62.1 Å². The number of hydrogen-bond acceptors (Lipinski definition) is 3. The van der Waals surface area contributed by atoms with E-state index in [2.05, 4.69) is 17.2 Å². The number of nitriles is 1. The zero-order valence-corrected chi connectivity index (χ0v) is 12.3. The Bertz CT molecular complexity index is 616. The molecule has 0 spiro atoms. The number of rotatable bonds is 2. The Morgan fingerprint density at radius 2 is 2.14 bits per heavy atom. The molecule has 21 heavy (non-hydrogen) atoms. The lowest BCUT2D eigenvalue weighted by atomic mass is 10.1. The van der Waals surface area contributed by atoms with Gasteiger partial charge < -0.3 is 10.1 Å². The summed E-state index contributed by atoms with van der Waals surface area (Å²) in [4.78, 5) is 11.4. The monoisotopic (exact) mass is 288 g/mol. The van der Waals surface area contributed by atoms with Gasteiger partial charge in [0.15, 0.2) is 0 Å². The van der Waals surface area contributed by atoms with Crippen LogP contribution in [0.1, 0.15) is 31.9 Å². The summed E-state index contributed by atoms with van der Waals surface area (Å²) >= 11 is 0. The van der Waals surface area contributed by atoms with E-state index in [9.17, 15) is 9.18 Å². The van der Waals surface area contributed by atoms with E-state index in [4.69, 9.17) is 10.00 Å². The third kappa shape index (κ3) is 6.44. The lowest BCUT2D eigenvalue weighted by Crippen LogP contribution is -2.32. The Morgan fingerprint density at radius 3 is 2.76 bits per heavy atom. The van der Waals surface area contributed by atoms with Crippen LogP contribution >= 0.6 is 0 Å². The lowest BCUT2D eigenvalue weighted by Gasteiger charge is -2.19. The maximum Gasteiger partial charge on any atom is 0.408 e. The molecule has 1 amide bonds. The van der Waals surface area contributed by atoms with E-state index in [0.717, 1.165) is 0 Å². The molecule has 0 heterocycles. The van der Waals surface area contributed by atoms with Crippen LogP contribution in [0.5, 0.6) is 0 Å². The van der Waals surface area contributed by atoms with Gasteiger partial charge in [0.05, 0.1) is 19.0 Å². The maximum atomic E-state index is 13.2. The number of nitrogens with zero attached hydrogens (tertiary/aromatic N) is 1. The number of carbonyl (C=O) groups excluding carboxylic acids is 1. The first kappa shape index (κ1) is 16.5. The molecule has 0 bridgehead atoms. The standard InChI is InChI=1S/C16H17FN2O2/c1-16(2,3)21-15(20)19-10-4-5-13-11-14(17)7-6-12(13)8-9-18/h6-7,11H,8,10H2,1-3H3,(H,19,20). The summed E-state index contributed by atoms with van der Waals surface area (Å²) in [5, 5.41) is 11.2. The number of alkyl carbamates (subject to hydrolysis) is 1. The third-order valence-electron chi connectivity index (χ3n) is 2.28. The minimum atomic E-state index is -0.569. The number of ether oxygens (including phenoxy) is 1. The molecule has 0 saturated carbocycles. The van der Waals surface area contributed by atoms with Gasteiger partial charge in [-0.05, 0) is 38.5 Å². The van der Waals surface area contributed by atoms with Gasteiger partial charge in [0.25, 0.3) is 0 Å². The highest BCUT2D eigenvalue weighted by molar-refractivity contribution is 5.68. The average Bonchev–Trinajstić information content (AvgIpc) is 2.35. The van der Waals surface area contributed by atoms with Gasteiger partial charge in [0.2, 0.25) is 0 Å². The minimum Gasteiger partial charge on any atom is -0.444 e. The molecule has 4 nitrogen and oxygen atoms in total. The van der Waals surface area contributed by atoms with Gasteiger partial charge in [-0.3, -0.25) is 0 Å². The molecule has 0 aliphatic heterocycles. The number of amides is 1. The fourth-order valence-electron chi connectivity index (χ4n) is 1.47. The molecule has 1 aromatic carbocycles. The van der Waals surface area contributed by atoms with Crippen LogP contribution in [0.25, 0.3) is 0 Å². The summed E-state index contributed by atoms with van der Waals surface area (Å²) in [6.45, 7) is 5.37. The number of nitrogens with one attached hydrogen (secondary N) is 1. The van der Waals surface area contributed by atoms with Crippen molar-refractivity contribution in [3.8, 4) is 17.9 Å². The van der Waals surface area contributed by atoms with Crippen molar-refractivity contribution >= 4 is 6.09 Å². The largest absolute Gasteiger partial charge is 0.444 e. The van der Waals surface area contributed by atoms with Gasteiger partial charge in [0.1, 0.15) is 11.4 Å². The van der Waals surface area contributed by atoms with Crippen LogP contribution in [-0.2, 0) is 11.2 Å². The van der Waals surface area contributed by atoms with Gasteiger partial charge in [-0.25, -0.2) is 9.18 Å². The quantitative estimate of drug-likeness (QED) is 0.851. The van der Waals surface area contributed by atoms with E-state index in [1.165, 1.54) is 18.2 Å². The Morgan fingerprint density at radius 1 is 1.43 bits per heavy atom. The molecule has 0 fully saturated rings. The van der Waals surface area contributed by atoms with Crippen LogP contribution in [0.3, 0.4) is 0 Å². The summed E-state index contributed by atoms with van der Waals surface area (Å²) < 4.78 is 18.2. The summed E-state index contributed by atoms with van der Waals surface area (Å²) in [5.74, 6) is 5.04. The predicted molar refractivity (Wildman–Crippen MR) is 76.8 cm³/mol. The van der Waals surface area contributed by atoms with E-state index in [1.807, 2.05) is 6.07 Å². The first-order valence-electron chi connectivity index (χ1n) is 6.43. The molecule has 0 saturated heterocycles. The molecule has 0 aliphatic rings. The van der Waals surface area contributed by atoms with Crippen molar-refractivity contribution in [3.63, 3.8) is 0 Å². The molecule has 0 aromatic heterocycles. The van der Waals surface area contributed by atoms with E-state index < -0.39 is 17.5 Å². The molecule has 1 rings (SSSR count). The molecule has 110 valence electrons. The Labute approximate surface area is 123 Å². The van der Waals surface area contributed by atoms with E-state index in [1.54, 1.807) is 20.8 Å². The summed E-state index contributed by atoms with van der Waals surface area (Å²) in [6, 6.07) is 6.09. The van der Waals surface area contributed by atoms with Gasteiger partial charge in [0, 0.05) is 5.56 Å². The van der Waals surface area contributed by atoms with Crippen molar-refractivity contribution in [1.82, 2.24) is 5.32 Å². The van der Waals surface area contributed by atoms with Crippen molar-refractivity contribution in [1.29, 1.82) is 5.26 Å². The summed E-state index contributed by atoms with van der Waals surface area (Å²) in [5.41, 5.74) is 0.534. The Balaban J connectivity index is 2.65. The van der Waals surface area contributed by atoms with Crippen LogP contribution < -0.4 is 5.32 Å². The van der Waals surface area contributed by atoms with Crippen LogP contribution in [0.15, 0.2) is 18.2 Å². The van der Waals surface area contributed by atoms with Crippen LogP contribution in [0.4, 0.5) is 9.18 Å². The van der Waals surface area contributed by atoms with Gasteiger partial charge in [-0.15, -0.1) is 0 Å². The average molecular weight is 288 g/mol. The molecule has 1 aromatic rings. The molecule has 0 atom stereocenters. The number of carbonyl (C=O) groups is 1. The molecular formula is C16H17FN2O2. The number of benzene rings is 1. The van der Waals surface area contributed by atoms with Crippen LogP contribution in [0, 0.1) is 29.0 Å². The van der Waals surface area contributed by atoms with E-state index >= 15 is 0 Å². The van der Waals surface area contributed by atoms with Crippen molar-refractivity contribution in [2.45, 2.75) is 32.8 Å². The molecule has 0 unspecified atom stereocenters. The third-order valence-corrected chi connectivity index (χ3v) is 2.28. The molecule has 1 N–H and O–H groups in total. The zero-order chi connectivity index (χ0) is 15.9. The maximum absolute atomic E-state index is 13.2. The molecule has 5 heteroatoms. The minimum absolute atomic E-state index is 0.0808. The van der Waals surface area contributed by atoms with Crippen LogP contribution in [0.2, 0.25) is 0 Å². The SMILES string of the molecule is CC(C)(C)OC(=O)NCC#Cc1cc(F)ccc1CC#N. The first-order valence-corrected chi connectivity index (χ1v) is 6.43. The number of hydrogen-bond donors (Lipinski definition) is 1. The predicted octanol–water partition coefficient (Wildman–Crippen LogP) is 2.77. The van der Waals surface area contributed by atoms with Crippen molar-refractivity contribution in [2.75, 3.05) is 6.54 Å². The normalized spacial score (nSPS) is 10.0. The second-order valence-electron chi connectivity index (χ2n) is 5.29. The Kier molecular flexibility index (Phi) is 5.75. The zero-order valence-electron chi connectivity index (χ0n) is 12.3. The highest BCUT2D eigenvalue weighted by Crippen LogP contribution is 2.10. The summed E-state index contributed by atoms with van der Waals surface area (Å²) in [6.07, 6.45) is -0.405. The fraction of sp³-hybridized carbons (Fsp3) is 0.375. The second kappa shape index (κ2) is 7.31. The van der Waals surface area contributed by atoms with Crippen molar-refractivity contribution < 1.29 is 13.9 Å². The van der Waals surface area contributed by atoms with Gasteiger partial charge in [-0.2, -0.15) is 5.26 Å². The van der Waals surface area contributed by atoms with Crippen molar-refractivity contribution in [3.05, 3.63) is 35.1 Å². The van der Waals surface area contributed by atoms with Crippen LogP contribution in [-0.4, -0.2) is 18.2 Å².